The third kappa shape index (κ3) is 8.75. The molecule has 0 saturated heterocycles. The molecule has 0 unspecified atom stereocenters. The van der Waals surface area contributed by atoms with E-state index < -0.39 is 25.4 Å². The number of rotatable bonds is 15. The van der Waals surface area contributed by atoms with Gasteiger partial charge < -0.3 is 9.47 Å². The Labute approximate surface area is 203 Å². The molecule has 0 N–H and O–H groups in total. The third-order valence-electron chi connectivity index (χ3n) is 5.25. The first-order chi connectivity index (χ1) is 16.1. The van der Waals surface area contributed by atoms with E-state index in [1.54, 1.807) is 44.6 Å². The van der Waals surface area contributed by atoms with E-state index in [1.807, 2.05) is 24.3 Å². The minimum Gasteiger partial charge on any atom is -0.497 e. The number of hydrogen-bond acceptors (Lipinski definition) is 7. The van der Waals surface area contributed by atoms with E-state index in [2.05, 4.69) is 6.58 Å². The molecule has 2 aromatic rings. The van der Waals surface area contributed by atoms with Gasteiger partial charge in [-0.25, -0.2) is 8.42 Å². The molecule has 2 aromatic carbocycles. The van der Waals surface area contributed by atoms with Gasteiger partial charge in [0.25, 0.3) is 10.1 Å². The van der Waals surface area contributed by atoms with Crippen LogP contribution < -0.4 is 9.47 Å². The SMILES string of the molecule is C=CCC[C@@H](CCOS(C)(=O)=O)S(=O)(=O)N(Cc1ccc(OC)cc1)Cc1ccc(OC)cc1. The van der Waals surface area contributed by atoms with Gasteiger partial charge in [0.2, 0.25) is 10.0 Å². The Hall–Kier alpha value is -2.40. The summed E-state index contributed by atoms with van der Waals surface area (Å²) in [6, 6.07) is 14.4. The molecular formula is C24H33NO7S2. The van der Waals surface area contributed by atoms with Gasteiger partial charge in [-0.3, -0.25) is 4.18 Å². The zero-order chi connectivity index (χ0) is 25.2. The van der Waals surface area contributed by atoms with Gasteiger partial charge in [0.15, 0.2) is 0 Å². The molecule has 0 aliphatic rings. The predicted molar refractivity (Wildman–Crippen MR) is 133 cm³/mol. The number of benzene rings is 2. The monoisotopic (exact) mass is 511 g/mol. The van der Waals surface area contributed by atoms with Crippen molar-refractivity contribution in [2.45, 2.75) is 37.6 Å². The highest BCUT2D eigenvalue weighted by atomic mass is 32.2. The van der Waals surface area contributed by atoms with E-state index in [1.165, 1.54) is 4.31 Å². The molecule has 10 heteroatoms. The standard InChI is InChI=1S/C24H33NO7S2/c1-5-6-7-24(16-17-32-33(4,26)27)34(28,29)25(18-20-8-12-22(30-2)13-9-20)19-21-10-14-23(31-3)15-11-21/h5,8-15,24H,1,6-7,16-19H2,2-4H3/t24-/m0/s1. The maximum atomic E-state index is 13.8. The molecule has 0 aliphatic heterocycles. The van der Waals surface area contributed by atoms with Crippen molar-refractivity contribution in [1.29, 1.82) is 0 Å². The molecule has 0 amide bonds. The van der Waals surface area contributed by atoms with Crippen molar-refractivity contribution in [1.82, 2.24) is 4.31 Å². The summed E-state index contributed by atoms with van der Waals surface area (Å²) in [5.41, 5.74) is 1.60. The van der Waals surface area contributed by atoms with Gasteiger partial charge >= 0.3 is 0 Å². The van der Waals surface area contributed by atoms with Crippen molar-refractivity contribution in [2.24, 2.45) is 0 Å². The Bertz CT molecular complexity index is 1060. The van der Waals surface area contributed by atoms with Gasteiger partial charge in [0, 0.05) is 13.1 Å². The maximum absolute atomic E-state index is 13.8. The molecule has 188 valence electrons. The lowest BCUT2D eigenvalue weighted by atomic mass is 10.2. The van der Waals surface area contributed by atoms with Crippen LogP contribution in [0.25, 0.3) is 0 Å². The zero-order valence-corrected chi connectivity index (χ0v) is 21.5. The Kier molecular flexibility index (Phi) is 10.6. The van der Waals surface area contributed by atoms with E-state index in [0.717, 1.165) is 17.4 Å². The van der Waals surface area contributed by atoms with Crippen molar-refractivity contribution >= 4 is 20.1 Å². The minimum atomic E-state index is -3.83. The highest BCUT2D eigenvalue weighted by Crippen LogP contribution is 2.24. The summed E-state index contributed by atoms with van der Waals surface area (Å²) < 4.78 is 67.0. The number of hydrogen-bond donors (Lipinski definition) is 0. The maximum Gasteiger partial charge on any atom is 0.264 e. The summed E-state index contributed by atoms with van der Waals surface area (Å²) in [5.74, 6) is 1.35. The second-order valence-corrected chi connectivity index (χ2v) is 11.7. The Balaban J connectivity index is 2.35. The van der Waals surface area contributed by atoms with Crippen LogP contribution in [0.5, 0.6) is 11.5 Å². The molecule has 0 aromatic heterocycles. The van der Waals surface area contributed by atoms with Crippen molar-refractivity contribution in [3.8, 4) is 11.5 Å². The Morgan fingerprint density at radius 1 is 0.853 bits per heavy atom. The molecular weight excluding hydrogens is 478 g/mol. The number of allylic oxidation sites excluding steroid dienone is 1. The number of ether oxygens (including phenoxy) is 2. The van der Waals surface area contributed by atoms with Crippen LogP contribution in [0.3, 0.4) is 0 Å². The van der Waals surface area contributed by atoms with Gasteiger partial charge in [0.1, 0.15) is 11.5 Å². The highest BCUT2D eigenvalue weighted by molar-refractivity contribution is 7.89. The molecule has 1 atom stereocenters. The van der Waals surface area contributed by atoms with Crippen LogP contribution in [-0.4, -0.2) is 53.5 Å². The average molecular weight is 512 g/mol. The Morgan fingerprint density at radius 2 is 1.32 bits per heavy atom. The summed E-state index contributed by atoms with van der Waals surface area (Å²) in [6.45, 7) is 3.78. The van der Waals surface area contributed by atoms with Gasteiger partial charge in [-0.15, -0.1) is 6.58 Å². The molecule has 2 rings (SSSR count). The molecule has 0 bridgehead atoms. The van der Waals surface area contributed by atoms with Crippen molar-refractivity contribution in [2.75, 3.05) is 27.1 Å². The summed E-state index contributed by atoms with van der Waals surface area (Å²) in [4.78, 5) is 0. The topological polar surface area (TPSA) is 99.2 Å². The molecule has 0 saturated carbocycles. The molecule has 0 fully saturated rings. The first-order valence-electron chi connectivity index (χ1n) is 10.8. The van der Waals surface area contributed by atoms with Gasteiger partial charge in [-0.1, -0.05) is 30.3 Å². The van der Waals surface area contributed by atoms with Crippen molar-refractivity contribution in [3.05, 3.63) is 72.3 Å². The lowest BCUT2D eigenvalue weighted by Gasteiger charge is -2.28. The van der Waals surface area contributed by atoms with Crippen molar-refractivity contribution < 1.29 is 30.5 Å². The molecule has 34 heavy (non-hydrogen) atoms. The molecule has 0 spiro atoms. The second-order valence-electron chi connectivity index (χ2n) is 7.81. The van der Waals surface area contributed by atoms with Crippen LogP contribution in [0, 0.1) is 0 Å². The van der Waals surface area contributed by atoms with Gasteiger partial charge in [-0.05, 0) is 54.7 Å². The molecule has 0 aliphatic carbocycles. The normalized spacial score (nSPS) is 12.9. The van der Waals surface area contributed by atoms with Crippen LogP contribution in [0.15, 0.2) is 61.2 Å². The van der Waals surface area contributed by atoms with Crippen LogP contribution in [0.1, 0.15) is 30.4 Å². The van der Waals surface area contributed by atoms with Gasteiger partial charge in [0.05, 0.1) is 32.3 Å². The smallest absolute Gasteiger partial charge is 0.264 e. The van der Waals surface area contributed by atoms with Crippen LogP contribution in [-0.2, 0) is 37.4 Å². The molecule has 8 nitrogen and oxygen atoms in total. The number of nitrogens with zero attached hydrogens (tertiary/aromatic N) is 1. The van der Waals surface area contributed by atoms with Crippen LogP contribution >= 0.6 is 0 Å². The predicted octanol–water partition coefficient (Wildman–Crippen LogP) is 3.74. The second kappa shape index (κ2) is 12.9. The third-order valence-corrected chi connectivity index (χ3v) is 8.13. The van der Waals surface area contributed by atoms with Crippen LogP contribution in [0.4, 0.5) is 0 Å². The Morgan fingerprint density at radius 3 is 1.71 bits per heavy atom. The lowest BCUT2D eigenvalue weighted by Crippen LogP contribution is -2.38. The first-order valence-corrected chi connectivity index (χ1v) is 14.1. The molecule has 0 heterocycles. The van der Waals surface area contributed by atoms with Crippen molar-refractivity contribution in [3.63, 3.8) is 0 Å². The van der Waals surface area contributed by atoms with Crippen LogP contribution in [0.2, 0.25) is 0 Å². The largest absolute Gasteiger partial charge is 0.497 e. The summed E-state index contributed by atoms with van der Waals surface area (Å²) >= 11 is 0. The first kappa shape index (κ1) is 27.8. The van der Waals surface area contributed by atoms with E-state index in [-0.39, 0.29) is 26.1 Å². The van der Waals surface area contributed by atoms with E-state index in [9.17, 15) is 16.8 Å². The summed E-state index contributed by atoms with van der Waals surface area (Å²) in [7, 11) is -4.37. The fourth-order valence-electron chi connectivity index (χ4n) is 3.39. The highest BCUT2D eigenvalue weighted by Gasteiger charge is 2.32. The fraction of sp³-hybridized carbons (Fsp3) is 0.417. The number of methoxy groups -OCH3 is 2. The zero-order valence-electron chi connectivity index (χ0n) is 19.8. The summed E-state index contributed by atoms with van der Waals surface area (Å²) in [6.07, 6.45) is 3.42. The van der Waals surface area contributed by atoms with Gasteiger partial charge in [-0.2, -0.15) is 12.7 Å². The number of sulfonamides is 1. The average Bonchev–Trinajstić information content (AvgIpc) is 2.81. The minimum absolute atomic E-state index is 0.0466. The summed E-state index contributed by atoms with van der Waals surface area (Å²) in [5, 5.41) is -0.830. The van der Waals surface area contributed by atoms with E-state index >= 15 is 0 Å². The van der Waals surface area contributed by atoms with E-state index in [0.29, 0.717) is 24.3 Å². The van der Waals surface area contributed by atoms with E-state index in [4.69, 9.17) is 13.7 Å². The molecule has 0 radical (unpaired) electrons. The quantitative estimate of drug-likeness (QED) is 0.265. The fourth-order valence-corrected chi connectivity index (χ4v) is 5.70. The lowest BCUT2D eigenvalue weighted by molar-refractivity contribution is 0.305.